The number of hydrogen-bond acceptors (Lipinski definition) is 6. The number of aromatic nitrogens is 1. The van der Waals surface area contributed by atoms with Gasteiger partial charge in [-0.2, -0.15) is 0 Å². The maximum Gasteiger partial charge on any atom is 0.186 e. The number of rotatable bonds is 6. The number of hydrogen-bond donors (Lipinski definition) is 1. The van der Waals surface area contributed by atoms with Crippen molar-refractivity contribution in [2.24, 2.45) is 0 Å². The van der Waals surface area contributed by atoms with Crippen LogP contribution in [0.15, 0.2) is 24.3 Å². The molecule has 5 nitrogen and oxygen atoms in total. The summed E-state index contributed by atoms with van der Waals surface area (Å²) < 4.78 is 6.72. The Morgan fingerprint density at radius 2 is 1.96 bits per heavy atom. The third-order valence-corrected chi connectivity index (χ3v) is 5.11. The van der Waals surface area contributed by atoms with E-state index < -0.39 is 6.10 Å². The molecule has 1 aromatic heterocycles. The highest BCUT2D eigenvalue weighted by atomic mass is 32.1. The first-order valence-corrected chi connectivity index (χ1v) is 9.06. The van der Waals surface area contributed by atoms with E-state index in [2.05, 4.69) is 28.0 Å². The van der Waals surface area contributed by atoms with Crippen LogP contribution in [0.2, 0.25) is 0 Å². The lowest BCUT2D eigenvalue weighted by Crippen LogP contribution is -2.49. The van der Waals surface area contributed by atoms with Crippen LogP contribution in [0.5, 0.6) is 0 Å². The van der Waals surface area contributed by atoms with Gasteiger partial charge in [-0.1, -0.05) is 23.5 Å². The molecular formula is C17H25N3O2S. The lowest BCUT2D eigenvalue weighted by molar-refractivity contribution is -0.00899. The van der Waals surface area contributed by atoms with E-state index in [9.17, 15) is 5.11 Å². The molecule has 0 radical (unpaired) electrons. The fourth-order valence-electron chi connectivity index (χ4n) is 2.77. The number of thiazole rings is 1. The molecule has 126 valence electrons. The van der Waals surface area contributed by atoms with Crippen LogP contribution in [0.1, 0.15) is 13.8 Å². The molecule has 3 rings (SSSR count). The summed E-state index contributed by atoms with van der Waals surface area (Å²) in [4.78, 5) is 9.38. The van der Waals surface area contributed by atoms with E-state index in [0.717, 1.165) is 36.8 Å². The van der Waals surface area contributed by atoms with Crippen molar-refractivity contribution in [3.63, 3.8) is 0 Å². The van der Waals surface area contributed by atoms with Crippen LogP contribution in [0.3, 0.4) is 0 Å². The molecule has 0 bridgehead atoms. The topological polar surface area (TPSA) is 48.8 Å². The second kappa shape index (κ2) is 7.57. The Morgan fingerprint density at radius 3 is 2.65 bits per heavy atom. The predicted octanol–water partition coefficient (Wildman–Crippen LogP) is 2.20. The molecule has 23 heavy (non-hydrogen) atoms. The number of β-amino-alcohol motifs (C(OH)–C–C–N with tert-alkyl or cyclic N) is 1. The van der Waals surface area contributed by atoms with E-state index in [1.165, 1.54) is 4.70 Å². The van der Waals surface area contributed by atoms with E-state index in [1.807, 2.05) is 19.9 Å². The molecule has 1 N–H and O–H groups in total. The highest BCUT2D eigenvalue weighted by molar-refractivity contribution is 7.22. The summed E-state index contributed by atoms with van der Waals surface area (Å²) in [5, 5.41) is 11.1. The van der Waals surface area contributed by atoms with Gasteiger partial charge in [0.25, 0.3) is 0 Å². The molecule has 0 amide bonds. The van der Waals surface area contributed by atoms with Gasteiger partial charge in [-0.05, 0) is 26.0 Å². The van der Waals surface area contributed by atoms with Crippen LogP contribution in [-0.4, -0.2) is 66.5 Å². The Morgan fingerprint density at radius 1 is 1.22 bits per heavy atom. The average Bonchev–Trinajstić information content (AvgIpc) is 2.97. The summed E-state index contributed by atoms with van der Waals surface area (Å²) in [5.74, 6) is 0. The molecule has 1 saturated heterocycles. The zero-order chi connectivity index (χ0) is 16.2. The van der Waals surface area contributed by atoms with Crippen molar-refractivity contribution < 1.29 is 9.84 Å². The van der Waals surface area contributed by atoms with Gasteiger partial charge in [-0.15, -0.1) is 0 Å². The second-order valence-corrected chi connectivity index (χ2v) is 7.30. The zero-order valence-corrected chi connectivity index (χ0v) is 14.6. The number of nitrogens with zero attached hydrogens (tertiary/aromatic N) is 3. The number of aliphatic hydroxyl groups excluding tert-OH is 1. The van der Waals surface area contributed by atoms with E-state index in [-0.39, 0.29) is 6.10 Å². The van der Waals surface area contributed by atoms with Crippen LogP contribution in [-0.2, 0) is 4.74 Å². The van der Waals surface area contributed by atoms with Gasteiger partial charge in [0, 0.05) is 32.7 Å². The van der Waals surface area contributed by atoms with Crippen LogP contribution in [0.25, 0.3) is 10.2 Å². The number of para-hydroxylation sites is 1. The minimum absolute atomic E-state index is 0.167. The Bertz CT molecular complexity index is 590. The van der Waals surface area contributed by atoms with Crippen molar-refractivity contribution in [1.29, 1.82) is 0 Å². The molecule has 1 aliphatic heterocycles. The molecule has 1 fully saturated rings. The molecule has 0 saturated carbocycles. The number of benzene rings is 1. The van der Waals surface area contributed by atoms with Gasteiger partial charge in [0.2, 0.25) is 0 Å². The van der Waals surface area contributed by atoms with E-state index in [0.29, 0.717) is 13.2 Å². The van der Waals surface area contributed by atoms with Gasteiger partial charge in [0.05, 0.1) is 29.0 Å². The number of piperazine rings is 1. The third-order valence-electron chi connectivity index (χ3n) is 4.02. The fraction of sp³-hybridized carbons (Fsp3) is 0.588. The molecule has 1 atom stereocenters. The summed E-state index contributed by atoms with van der Waals surface area (Å²) in [5.41, 5.74) is 1.08. The average molecular weight is 335 g/mol. The number of fused-ring (bicyclic) bond motifs is 1. The van der Waals surface area contributed by atoms with E-state index >= 15 is 0 Å². The molecule has 0 aliphatic carbocycles. The summed E-state index contributed by atoms with van der Waals surface area (Å²) >= 11 is 1.76. The van der Waals surface area contributed by atoms with E-state index in [1.54, 1.807) is 11.3 Å². The molecule has 2 heterocycles. The monoisotopic (exact) mass is 335 g/mol. The van der Waals surface area contributed by atoms with Crippen LogP contribution in [0.4, 0.5) is 5.13 Å². The Labute approximate surface area is 141 Å². The van der Waals surface area contributed by atoms with E-state index in [4.69, 9.17) is 9.72 Å². The van der Waals surface area contributed by atoms with Crippen LogP contribution < -0.4 is 4.90 Å². The molecule has 1 aromatic carbocycles. The van der Waals surface area contributed by atoms with Crippen molar-refractivity contribution in [1.82, 2.24) is 9.88 Å². The number of ether oxygens (including phenoxy) is 1. The summed E-state index contributed by atoms with van der Waals surface area (Å²) in [7, 11) is 0. The van der Waals surface area contributed by atoms with Crippen molar-refractivity contribution in [3.8, 4) is 0 Å². The van der Waals surface area contributed by atoms with Crippen molar-refractivity contribution in [2.45, 2.75) is 26.1 Å². The molecule has 1 aliphatic rings. The van der Waals surface area contributed by atoms with Gasteiger partial charge in [-0.25, -0.2) is 4.98 Å². The van der Waals surface area contributed by atoms with Crippen molar-refractivity contribution in [3.05, 3.63) is 24.3 Å². The minimum Gasteiger partial charge on any atom is -0.389 e. The summed E-state index contributed by atoms with van der Waals surface area (Å²) in [6, 6.07) is 8.28. The summed E-state index contributed by atoms with van der Waals surface area (Å²) in [6.45, 7) is 8.89. The highest BCUT2D eigenvalue weighted by Gasteiger charge is 2.21. The fourth-order valence-corrected chi connectivity index (χ4v) is 3.79. The van der Waals surface area contributed by atoms with Gasteiger partial charge >= 0.3 is 0 Å². The molecule has 1 unspecified atom stereocenters. The normalized spacial score (nSPS) is 18.0. The summed E-state index contributed by atoms with van der Waals surface area (Å²) in [6.07, 6.45) is -0.244. The Kier molecular flexibility index (Phi) is 5.48. The van der Waals surface area contributed by atoms with Gasteiger partial charge < -0.3 is 14.7 Å². The van der Waals surface area contributed by atoms with Gasteiger partial charge in [0.15, 0.2) is 5.13 Å². The third kappa shape index (κ3) is 4.41. The quantitative estimate of drug-likeness (QED) is 0.877. The smallest absolute Gasteiger partial charge is 0.186 e. The maximum atomic E-state index is 10.0. The predicted molar refractivity (Wildman–Crippen MR) is 95.4 cm³/mol. The Hall–Kier alpha value is -1.21. The largest absolute Gasteiger partial charge is 0.389 e. The highest BCUT2D eigenvalue weighted by Crippen LogP contribution is 2.29. The molecular weight excluding hydrogens is 310 g/mol. The standard InChI is InChI=1S/C17H25N3O2S/c1-13(2)22-12-14(21)11-19-7-9-20(10-8-19)17-18-15-5-3-4-6-16(15)23-17/h3-6,13-14,21H,7-12H2,1-2H3. The second-order valence-electron chi connectivity index (χ2n) is 6.29. The first kappa shape index (κ1) is 16.6. The minimum atomic E-state index is -0.411. The molecule has 0 spiro atoms. The lowest BCUT2D eigenvalue weighted by atomic mass is 10.2. The molecule has 2 aromatic rings. The molecule has 6 heteroatoms. The first-order valence-electron chi connectivity index (χ1n) is 8.24. The zero-order valence-electron chi connectivity index (χ0n) is 13.8. The SMILES string of the molecule is CC(C)OCC(O)CN1CCN(c2nc3ccccc3s2)CC1. The van der Waals surface area contributed by atoms with Gasteiger partial charge in [0.1, 0.15) is 0 Å². The first-order chi connectivity index (χ1) is 11.1. The Balaban J connectivity index is 1.50. The number of anilines is 1. The maximum absolute atomic E-state index is 10.0. The van der Waals surface area contributed by atoms with Gasteiger partial charge in [-0.3, -0.25) is 4.90 Å². The lowest BCUT2D eigenvalue weighted by Gasteiger charge is -2.35. The van der Waals surface area contributed by atoms with Crippen molar-refractivity contribution >= 4 is 26.7 Å². The van der Waals surface area contributed by atoms with Crippen LogP contribution >= 0.6 is 11.3 Å². The van der Waals surface area contributed by atoms with Crippen LogP contribution in [0, 0.1) is 0 Å². The van der Waals surface area contributed by atoms with Crippen molar-refractivity contribution in [2.75, 3.05) is 44.2 Å². The number of aliphatic hydroxyl groups is 1.